The molecule has 2 N–H and O–H groups in total. The summed E-state index contributed by atoms with van der Waals surface area (Å²) in [7, 11) is 0. The first-order valence-corrected chi connectivity index (χ1v) is 12.3. The van der Waals surface area contributed by atoms with Crippen LogP contribution in [0.25, 0.3) is 6.08 Å². The average molecular weight is 515 g/mol. The molecule has 0 aliphatic carbocycles. The maximum atomic E-state index is 13.5. The Balaban J connectivity index is 1.41. The number of hydrogen-bond donors (Lipinski definition) is 2. The van der Waals surface area contributed by atoms with Gasteiger partial charge in [0.25, 0.3) is 17.4 Å². The lowest BCUT2D eigenvalue weighted by atomic mass is 10.2. The predicted octanol–water partition coefficient (Wildman–Crippen LogP) is 2.78. The zero-order valence-corrected chi connectivity index (χ0v) is 20.5. The first kappa shape index (κ1) is 25.1. The third kappa shape index (κ3) is 5.55. The van der Waals surface area contributed by atoms with Crippen molar-refractivity contribution >= 4 is 29.5 Å². The van der Waals surface area contributed by atoms with Crippen molar-refractivity contribution in [1.82, 2.24) is 14.9 Å². The molecule has 1 atom stereocenters. The monoisotopic (exact) mass is 514 g/mol. The van der Waals surface area contributed by atoms with Crippen molar-refractivity contribution in [3.05, 3.63) is 99.7 Å². The minimum atomic E-state index is -1.73. The number of aromatic nitrogens is 2. The number of nitrogens with one attached hydrogen (secondary N) is 2. The Morgan fingerprint density at radius 1 is 1.05 bits per heavy atom. The van der Waals surface area contributed by atoms with E-state index in [1.807, 2.05) is 60.7 Å². The van der Waals surface area contributed by atoms with Gasteiger partial charge in [0.2, 0.25) is 5.91 Å². The number of ether oxygens (including phenoxy) is 2. The Morgan fingerprint density at radius 3 is 2.50 bits per heavy atom. The molecule has 2 amide bonds. The largest absolute Gasteiger partial charge is 0.414 e. The van der Waals surface area contributed by atoms with Crippen molar-refractivity contribution in [3.63, 3.8) is 0 Å². The zero-order chi connectivity index (χ0) is 26.5. The number of carbonyl (C=O) groups is 3. The summed E-state index contributed by atoms with van der Waals surface area (Å²) < 4.78 is 12.7. The lowest BCUT2D eigenvalue weighted by Gasteiger charge is -2.28. The summed E-state index contributed by atoms with van der Waals surface area (Å²) in [5, 5.41) is 5.15. The fourth-order valence-corrected chi connectivity index (χ4v) is 4.38. The maximum Gasteiger partial charge on any atom is 0.309 e. The Labute approximate surface area is 218 Å². The van der Waals surface area contributed by atoms with Crippen molar-refractivity contribution in [2.45, 2.75) is 44.7 Å². The van der Waals surface area contributed by atoms with Gasteiger partial charge in [0.15, 0.2) is 5.69 Å². The summed E-state index contributed by atoms with van der Waals surface area (Å²) in [5.74, 6) is -3.21. The number of hydrogen-bond acceptors (Lipinski definition) is 7. The first-order valence-electron chi connectivity index (χ1n) is 12.3. The molecule has 0 saturated carbocycles. The quantitative estimate of drug-likeness (QED) is 0.269. The second-order valence-electron chi connectivity index (χ2n) is 9.00. The average Bonchev–Trinajstić information content (AvgIpc) is 3.56. The fourth-order valence-electron chi connectivity index (χ4n) is 4.38. The maximum absolute atomic E-state index is 13.5. The van der Waals surface area contributed by atoms with E-state index in [-0.39, 0.29) is 30.8 Å². The lowest BCUT2D eigenvalue weighted by Crippen LogP contribution is -2.51. The number of fused-ring (bicyclic) bond motifs is 1. The normalized spacial score (nSPS) is 18.3. The molecule has 1 unspecified atom stereocenters. The first-order chi connectivity index (χ1) is 18.4. The van der Waals surface area contributed by atoms with Gasteiger partial charge in [0, 0.05) is 25.5 Å². The third-order valence-corrected chi connectivity index (χ3v) is 6.28. The molecule has 194 valence electrons. The van der Waals surface area contributed by atoms with Crippen LogP contribution in [0.15, 0.2) is 71.5 Å². The summed E-state index contributed by atoms with van der Waals surface area (Å²) in [6.07, 6.45) is 4.20. The molecule has 10 nitrogen and oxygen atoms in total. The summed E-state index contributed by atoms with van der Waals surface area (Å²) in [5.41, 5.74) is 0.566. The molecular formula is C28H26N4O6. The van der Waals surface area contributed by atoms with Gasteiger partial charge in [-0.15, -0.1) is 0 Å². The Kier molecular flexibility index (Phi) is 7.14. The van der Waals surface area contributed by atoms with E-state index < -0.39 is 29.3 Å². The molecule has 1 saturated heterocycles. The van der Waals surface area contributed by atoms with Crippen molar-refractivity contribution in [2.24, 2.45) is 0 Å². The highest BCUT2D eigenvalue weighted by Crippen LogP contribution is 2.28. The van der Waals surface area contributed by atoms with Crippen LogP contribution < -0.4 is 16.2 Å². The van der Waals surface area contributed by atoms with Crippen molar-refractivity contribution in [2.75, 3.05) is 5.32 Å². The van der Waals surface area contributed by atoms with Crippen molar-refractivity contribution < 1.29 is 23.9 Å². The number of esters is 1. The molecule has 0 radical (unpaired) electrons. The van der Waals surface area contributed by atoms with Gasteiger partial charge in [0.1, 0.15) is 11.5 Å². The van der Waals surface area contributed by atoms with Gasteiger partial charge in [-0.05, 0) is 23.6 Å². The second-order valence-corrected chi connectivity index (χ2v) is 9.00. The van der Waals surface area contributed by atoms with E-state index in [2.05, 4.69) is 15.6 Å². The number of anilines is 1. The molecular weight excluding hydrogens is 488 g/mol. The summed E-state index contributed by atoms with van der Waals surface area (Å²) >= 11 is 0. The molecule has 0 bridgehead atoms. The second kappa shape index (κ2) is 10.8. The number of amides is 2. The molecule has 0 spiro atoms. The SMILES string of the molecule is O=C(C=Cc1ccccc1)Nc1c(C(=O)NC2(OCc3ccccc3)CCC(=O)O2)nc2n(c1=O)CCC2. The topological polar surface area (TPSA) is 129 Å². The smallest absolute Gasteiger partial charge is 0.309 e. The molecule has 3 heterocycles. The third-order valence-electron chi connectivity index (χ3n) is 6.28. The molecule has 5 rings (SSSR count). The van der Waals surface area contributed by atoms with E-state index in [1.54, 1.807) is 6.08 Å². The summed E-state index contributed by atoms with van der Waals surface area (Å²) in [6.45, 7) is 0.510. The van der Waals surface area contributed by atoms with Crippen LogP contribution in [0.1, 0.15) is 46.7 Å². The van der Waals surface area contributed by atoms with E-state index in [1.165, 1.54) is 10.6 Å². The molecule has 1 aromatic heterocycles. The summed E-state index contributed by atoms with van der Waals surface area (Å²) in [4.78, 5) is 55.9. The molecule has 10 heteroatoms. The number of carbonyl (C=O) groups excluding carboxylic acids is 3. The zero-order valence-electron chi connectivity index (χ0n) is 20.5. The van der Waals surface area contributed by atoms with Gasteiger partial charge in [-0.2, -0.15) is 0 Å². The van der Waals surface area contributed by atoms with Crippen LogP contribution in [0.5, 0.6) is 0 Å². The molecule has 1 fully saturated rings. The number of cyclic esters (lactones) is 1. The van der Waals surface area contributed by atoms with Crippen molar-refractivity contribution in [1.29, 1.82) is 0 Å². The van der Waals surface area contributed by atoms with Crippen molar-refractivity contribution in [3.8, 4) is 0 Å². The van der Waals surface area contributed by atoms with Gasteiger partial charge >= 0.3 is 5.97 Å². The van der Waals surface area contributed by atoms with E-state index in [9.17, 15) is 19.2 Å². The van der Waals surface area contributed by atoms with Gasteiger partial charge in [-0.25, -0.2) is 4.98 Å². The number of aryl methyl sites for hydroxylation is 1. The van der Waals surface area contributed by atoms with Crippen LogP contribution >= 0.6 is 0 Å². The highest BCUT2D eigenvalue weighted by atomic mass is 16.7. The summed E-state index contributed by atoms with van der Waals surface area (Å²) in [6, 6.07) is 18.4. The molecule has 2 aliphatic heterocycles. The van der Waals surface area contributed by atoms with E-state index in [0.717, 1.165) is 11.1 Å². The van der Waals surface area contributed by atoms with Crippen LogP contribution in [0, 0.1) is 0 Å². The standard InChI is InChI=1S/C28H26N4O6/c33-22(14-13-19-8-3-1-4-9-19)30-25-24(29-21-12-7-17-32(21)27(25)36)26(35)31-28(16-15-23(34)38-28)37-18-20-10-5-2-6-11-20/h1-6,8-11,13-14H,7,12,15-18H2,(H,30,33)(H,31,35). The van der Waals surface area contributed by atoms with Crippen LogP contribution in [-0.2, 0) is 38.6 Å². The van der Waals surface area contributed by atoms with E-state index >= 15 is 0 Å². The van der Waals surface area contributed by atoms with E-state index in [0.29, 0.717) is 25.2 Å². The highest BCUT2D eigenvalue weighted by molar-refractivity contribution is 6.06. The Morgan fingerprint density at radius 2 is 1.79 bits per heavy atom. The van der Waals surface area contributed by atoms with Crippen LogP contribution in [0.4, 0.5) is 5.69 Å². The lowest BCUT2D eigenvalue weighted by molar-refractivity contribution is -0.227. The number of nitrogens with zero attached hydrogens (tertiary/aromatic N) is 2. The van der Waals surface area contributed by atoms with Gasteiger partial charge in [0.05, 0.1) is 13.0 Å². The van der Waals surface area contributed by atoms with Crippen LogP contribution in [0.2, 0.25) is 0 Å². The van der Waals surface area contributed by atoms with Gasteiger partial charge in [-0.3, -0.25) is 29.1 Å². The molecule has 2 aromatic carbocycles. The molecule has 3 aromatic rings. The highest BCUT2D eigenvalue weighted by Gasteiger charge is 2.44. The number of rotatable bonds is 8. The molecule has 2 aliphatic rings. The van der Waals surface area contributed by atoms with Gasteiger partial charge in [-0.1, -0.05) is 60.7 Å². The van der Waals surface area contributed by atoms with Crippen LogP contribution in [-0.4, -0.2) is 33.2 Å². The minimum absolute atomic E-state index is 0.0449. The molecule has 38 heavy (non-hydrogen) atoms. The Bertz CT molecular complexity index is 1450. The van der Waals surface area contributed by atoms with Gasteiger partial charge < -0.3 is 14.8 Å². The van der Waals surface area contributed by atoms with Crippen LogP contribution in [0.3, 0.4) is 0 Å². The predicted molar refractivity (Wildman–Crippen MR) is 138 cm³/mol. The fraction of sp³-hybridized carbons (Fsp3) is 0.250. The Hall–Kier alpha value is -4.57. The van der Waals surface area contributed by atoms with E-state index in [4.69, 9.17) is 9.47 Å². The number of benzene rings is 2. The minimum Gasteiger partial charge on any atom is -0.414 e.